The minimum atomic E-state index is -3.79. The van der Waals surface area contributed by atoms with E-state index in [-0.39, 0.29) is 50.0 Å². The monoisotopic (exact) mass is 1050 g/mol. The van der Waals surface area contributed by atoms with Gasteiger partial charge in [0.2, 0.25) is 16.0 Å². The fourth-order valence-electron chi connectivity index (χ4n) is 7.39. The molecule has 0 aliphatic carbocycles. The molecule has 0 radical (unpaired) electrons. The van der Waals surface area contributed by atoms with Gasteiger partial charge in [-0.25, -0.2) is 36.7 Å². The van der Waals surface area contributed by atoms with Crippen LogP contribution in [0.4, 0.5) is 11.6 Å². The van der Waals surface area contributed by atoms with Crippen LogP contribution in [0.15, 0.2) is 19.8 Å². The molecule has 2 aromatic carbocycles. The molecule has 1 aromatic heterocycles. The zero-order valence-electron chi connectivity index (χ0n) is 43.6. The Hall–Kier alpha value is -6.80. The molecule has 0 saturated carbocycles. The molecule has 2 aliphatic heterocycles. The number of nitrogens with two attached hydrogens (primary N) is 5. The van der Waals surface area contributed by atoms with Gasteiger partial charge in [-0.05, 0) is 115 Å². The smallest absolute Gasteiger partial charge is 0.325 e. The van der Waals surface area contributed by atoms with Crippen LogP contribution >= 0.6 is 0 Å². The number of carbonyl (C=O) groups excluding carboxylic acids is 4. The lowest BCUT2D eigenvalue weighted by atomic mass is 9.94. The number of ether oxygens (including phenoxy) is 4. The molecular formula is C46H72N12O12S2. The van der Waals surface area contributed by atoms with Gasteiger partial charge >= 0.3 is 11.9 Å². The molecular weight excluding hydrogens is 977 g/mol. The van der Waals surface area contributed by atoms with Crippen molar-refractivity contribution in [3.8, 4) is 11.5 Å². The number of hydrogen-bond acceptors (Lipinski definition) is 18. The lowest BCUT2D eigenvalue weighted by molar-refractivity contribution is -0.140. The number of benzene rings is 2. The Bertz CT molecular complexity index is 2760. The maximum absolute atomic E-state index is 12.8. The number of sulfonamides is 2. The number of nitrogens with zero attached hydrogens (tertiary/aromatic N) is 4. The van der Waals surface area contributed by atoms with Gasteiger partial charge < -0.3 is 52.5 Å². The van der Waals surface area contributed by atoms with Crippen molar-refractivity contribution >= 4 is 67.7 Å². The average molecular weight is 1050 g/mol. The number of fused-ring (bicyclic) bond motifs is 2. The van der Waals surface area contributed by atoms with Crippen LogP contribution < -0.4 is 52.9 Å². The molecule has 5 rings (SSSR count). The van der Waals surface area contributed by atoms with Crippen molar-refractivity contribution in [2.45, 2.75) is 130 Å². The largest absolute Gasteiger partial charge is 0.487 e. The van der Waals surface area contributed by atoms with Crippen LogP contribution in [0.1, 0.15) is 120 Å². The Morgan fingerprint density at radius 1 is 0.681 bits per heavy atom. The third kappa shape index (κ3) is 16.1. The Balaban J connectivity index is 0.000000352. The third-order valence-corrected chi connectivity index (χ3v) is 13.8. The number of nitrogen functional groups attached to an aromatic ring is 2. The summed E-state index contributed by atoms with van der Waals surface area (Å²) in [6.45, 7) is 23.5. The summed E-state index contributed by atoms with van der Waals surface area (Å²) in [5.41, 5.74) is 26.9. The Morgan fingerprint density at radius 2 is 1.07 bits per heavy atom. The highest BCUT2D eigenvalue weighted by atomic mass is 32.2. The van der Waals surface area contributed by atoms with E-state index in [0.29, 0.717) is 30.5 Å². The van der Waals surface area contributed by atoms with Crippen LogP contribution in [0.25, 0.3) is 0 Å². The van der Waals surface area contributed by atoms with Gasteiger partial charge in [0.15, 0.2) is 23.0 Å². The quantitative estimate of drug-likeness (QED) is 0.0690. The molecule has 0 atom stereocenters. The fraction of sp³-hybridized carbons (Fsp3) is 0.522. The van der Waals surface area contributed by atoms with Crippen molar-refractivity contribution in [1.82, 2.24) is 25.3 Å². The highest BCUT2D eigenvalue weighted by Crippen LogP contribution is 2.45. The second-order valence-electron chi connectivity index (χ2n) is 17.8. The molecule has 0 saturated heterocycles. The molecule has 72 heavy (non-hydrogen) atoms. The number of nitrogens with one attached hydrogen (secondary N) is 3. The first-order valence-corrected chi connectivity index (χ1v) is 25.6. The number of primary sulfonamides is 1. The second-order valence-corrected chi connectivity index (χ2v) is 20.9. The summed E-state index contributed by atoms with van der Waals surface area (Å²) in [7, 11) is -5.18. The number of aromatic nitrogens is 2. The van der Waals surface area contributed by atoms with Crippen LogP contribution in [0, 0.1) is 41.5 Å². The van der Waals surface area contributed by atoms with Crippen LogP contribution in [-0.4, -0.2) is 114 Å². The van der Waals surface area contributed by atoms with Gasteiger partial charge in [-0.3, -0.25) is 29.2 Å². The standard InChI is InChI=1S/C17H27N3O3S.C13H19NO3S.C12H16N6O6.C4H10N2/c1-7-8-19-16(18)20-24(21,22)15-11(3)10(2)14-13(12(15)4)9-17(5,6)23-14;1-7-8(2)12(18(14,15)16)9(3)10-6-13(4,5)17-11(7)10;1-23-5(19)3-15-11(21)7-9(13)18-8(10(14)17-7)12(22)16-4-6(20)24-2;1-2-3-6-4-5/h7-9H2,1-6H3,(H3,18,19,20);6H2,1-5H3,(H2,14,15,16);3-4H2,1-2H3,(H2,14,17)(H2,13,18)(H,15,21)(H,16,22);4H,2-3H2,1H3,(H2,5,6). The SMILES string of the molecule is CCCN=C(N)NS(=O)(=O)c1c(C)c(C)c2c(c1C)CC(C)(C)O2.CCCN=CN.COC(=O)CNC(=O)c1nc(N)c(C(=O)NCC(=O)OC)nc1N.Cc1c(C)c(S(N)(=O)=O)c(C)c2c1OC(C)(C)C2. The minimum Gasteiger partial charge on any atom is -0.487 e. The lowest BCUT2D eigenvalue weighted by Gasteiger charge is -2.19. The predicted octanol–water partition coefficient (Wildman–Crippen LogP) is 2.13. The number of anilines is 2. The number of esters is 2. The summed E-state index contributed by atoms with van der Waals surface area (Å²) < 4.78 is 72.2. The van der Waals surface area contributed by atoms with E-state index in [1.165, 1.54) is 6.34 Å². The van der Waals surface area contributed by atoms with Gasteiger partial charge in [0.1, 0.15) is 35.8 Å². The first kappa shape index (κ1) is 61.3. The van der Waals surface area contributed by atoms with Crippen LogP contribution in [0.5, 0.6) is 11.5 Å². The van der Waals surface area contributed by atoms with Gasteiger partial charge in [0.05, 0.1) is 30.3 Å². The molecule has 0 unspecified atom stereocenters. The molecule has 13 N–H and O–H groups in total. The molecule has 24 nitrogen and oxygen atoms in total. The van der Waals surface area contributed by atoms with E-state index in [4.69, 9.17) is 37.5 Å². The van der Waals surface area contributed by atoms with Gasteiger partial charge in [-0.1, -0.05) is 13.8 Å². The molecule has 2 aliphatic rings. The molecule has 0 bridgehead atoms. The Kier molecular flexibility index (Phi) is 21.8. The van der Waals surface area contributed by atoms with Crippen molar-refractivity contribution in [1.29, 1.82) is 0 Å². The minimum absolute atomic E-state index is 0.0784. The van der Waals surface area contributed by atoms with E-state index >= 15 is 0 Å². The zero-order chi connectivity index (χ0) is 55.3. The average Bonchev–Trinajstić information content (AvgIpc) is 3.82. The number of amides is 2. The van der Waals surface area contributed by atoms with Crippen molar-refractivity contribution in [2.75, 3.05) is 51.9 Å². The van der Waals surface area contributed by atoms with Gasteiger partial charge in [0, 0.05) is 37.1 Å². The number of carbonyl (C=O) groups is 4. The maximum atomic E-state index is 12.8. The topological polar surface area (TPSA) is 390 Å². The van der Waals surface area contributed by atoms with E-state index in [1.54, 1.807) is 20.8 Å². The van der Waals surface area contributed by atoms with Crippen LogP contribution in [-0.2, 0) is 52.0 Å². The molecule has 0 fully saturated rings. The van der Waals surface area contributed by atoms with Crippen molar-refractivity contribution in [2.24, 2.45) is 26.6 Å². The molecule has 400 valence electrons. The molecule has 3 heterocycles. The lowest BCUT2D eigenvalue weighted by Crippen LogP contribution is -2.37. The number of rotatable bonds is 13. The van der Waals surface area contributed by atoms with Crippen LogP contribution in [0.2, 0.25) is 0 Å². The summed E-state index contributed by atoms with van der Waals surface area (Å²) in [4.78, 5) is 61.3. The number of aliphatic imine (C=N–C) groups is 2. The maximum Gasteiger partial charge on any atom is 0.325 e. The predicted molar refractivity (Wildman–Crippen MR) is 274 cm³/mol. The van der Waals surface area contributed by atoms with Crippen molar-refractivity contribution < 1.29 is 55.0 Å². The summed E-state index contributed by atoms with van der Waals surface area (Å²) in [6.07, 6.45) is 4.59. The van der Waals surface area contributed by atoms with Crippen molar-refractivity contribution in [3.05, 3.63) is 55.9 Å². The van der Waals surface area contributed by atoms with Gasteiger partial charge in [-0.15, -0.1) is 0 Å². The number of hydrogen-bond donors (Lipinski definition) is 8. The number of guanidine groups is 1. The van der Waals surface area contributed by atoms with Crippen molar-refractivity contribution in [3.63, 3.8) is 0 Å². The first-order chi connectivity index (χ1) is 33.3. The highest BCUT2D eigenvalue weighted by Gasteiger charge is 2.38. The summed E-state index contributed by atoms with van der Waals surface area (Å²) >= 11 is 0. The zero-order valence-corrected chi connectivity index (χ0v) is 45.3. The van der Waals surface area contributed by atoms with E-state index in [0.717, 1.165) is 78.5 Å². The summed E-state index contributed by atoms with van der Waals surface area (Å²) in [6, 6.07) is 0. The highest BCUT2D eigenvalue weighted by molar-refractivity contribution is 7.90. The molecule has 2 amide bonds. The molecule has 3 aromatic rings. The van der Waals surface area contributed by atoms with E-state index in [9.17, 15) is 36.0 Å². The van der Waals surface area contributed by atoms with Crippen LogP contribution in [0.3, 0.4) is 0 Å². The first-order valence-electron chi connectivity index (χ1n) is 22.6. The van der Waals surface area contributed by atoms with E-state index in [1.807, 2.05) is 55.4 Å². The van der Waals surface area contributed by atoms with Gasteiger partial charge in [0.25, 0.3) is 21.8 Å². The number of methoxy groups -OCH3 is 2. The third-order valence-electron chi connectivity index (χ3n) is 11.0. The van der Waals surface area contributed by atoms with E-state index in [2.05, 4.69) is 51.7 Å². The Morgan fingerprint density at radius 3 is 1.42 bits per heavy atom. The normalized spacial score (nSPS) is 14.0. The van der Waals surface area contributed by atoms with Gasteiger partial charge in [-0.2, -0.15) is 0 Å². The summed E-state index contributed by atoms with van der Waals surface area (Å²) in [5, 5.41) is 9.72. The Labute approximate surface area is 422 Å². The fourth-order valence-corrected chi connectivity index (χ4v) is 10.0. The van der Waals surface area contributed by atoms with E-state index < -0.39 is 56.9 Å². The molecule has 0 spiro atoms. The molecule has 26 heteroatoms. The second kappa shape index (κ2) is 25.5. The summed E-state index contributed by atoms with van der Waals surface area (Å²) in [5.74, 6) is -2.21.